The van der Waals surface area contributed by atoms with Crippen LogP contribution in [-0.2, 0) is 11.3 Å². The number of halogens is 2. The normalized spacial score (nSPS) is 10.4. The molecule has 0 atom stereocenters. The zero-order valence-corrected chi connectivity index (χ0v) is 12.7. The SMILES string of the molecule is COc1ccccc1CNCCC(=O)Nc1c(F)cccc1F. The van der Waals surface area contributed by atoms with Crippen molar-refractivity contribution in [3.05, 3.63) is 59.7 Å². The van der Waals surface area contributed by atoms with E-state index in [4.69, 9.17) is 4.74 Å². The van der Waals surface area contributed by atoms with Crippen molar-refractivity contribution in [2.45, 2.75) is 13.0 Å². The number of nitrogens with one attached hydrogen (secondary N) is 2. The first-order valence-corrected chi connectivity index (χ1v) is 7.18. The molecule has 2 rings (SSSR count). The second kappa shape index (κ2) is 8.24. The zero-order chi connectivity index (χ0) is 16.7. The maximum atomic E-state index is 13.4. The topological polar surface area (TPSA) is 50.4 Å². The van der Waals surface area contributed by atoms with Crippen LogP contribution in [0, 0.1) is 11.6 Å². The van der Waals surface area contributed by atoms with E-state index < -0.39 is 23.2 Å². The monoisotopic (exact) mass is 320 g/mol. The fraction of sp³-hybridized carbons (Fsp3) is 0.235. The van der Waals surface area contributed by atoms with Crippen molar-refractivity contribution < 1.29 is 18.3 Å². The molecule has 0 aromatic heterocycles. The van der Waals surface area contributed by atoms with Gasteiger partial charge in [0, 0.05) is 25.1 Å². The van der Waals surface area contributed by atoms with Gasteiger partial charge < -0.3 is 15.4 Å². The van der Waals surface area contributed by atoms with Crippen molar-refractivity contribution in [2.24, 2.45) is 0 Å². The third kappa shape index (κ3) is 4.75. The van der Waals surface area contributed by atoms with Gasteiger partial charge in [0.1, 0.15) is 23.1 Å². The highest BCUT2D eigenvalue weighted by Gasteiger charge is 2.11. The highest BCUT2D eigenvalue weighted by Crippen LogP contribution is 2.18. The summed E-state index contributed by atoms with van der Waals surface area (Å²) >= 11 is 0. The van der Waals surface area contributed by atoms with Gasteiger partial charge >= 0.3 is 0 Å². The van der Waals surface area contributed by atoms with Crippen LogP contribution in [0.2, 0.25) is 0 Å². The number of rotatable bonds is 7. The number of anilines is 1. The molecule has 2 aromatic carbocycles. The zero-order valence-electron chi connectivity index (χ0n) is 12.7. The molecule has 0 spiro atoms. The minimum Gasteiger partial charge on any atom is -0.496 e. The highest BCUT2D eigenvalue weighted by atomic mass is 19.1. The minimum atomic E-state index is -0.791. The number of benzene rings is 2. The fourth-order valence-corrected chi connectivity index (χ4v) is 2.09. The highest BCUT2D eigenvalue weighted by molar-refractivity contribution is 5.91. The summed E-state index contributed by atoms with van der Waals surface area (Å²) in [5.74, 6) is -1.28. The number of ether oxygens (including phenoxy) is 1. The lowest BCUT2D eigenvalue weighted by molar-refractivity contribution is -0.116. The van der Waals surface area contributed by atoms with Gasteiger partial charge in [-0.15, -0.1) is 0 Å². The Hall–Kier alpha value is -2.47. The van der Waals surface area contributed by atoms with E-state index in [1.165, 1.54) is 6.07 Å². The summed E-state index contributed by atoms with van der Waals surface area (Å²) in [6.07, 6.45) is 0.100. The molecule has 0 fully saturated rings. The second-order valence-electron chi connectivity index (χ2n) is 4.88. The van der Waals surface area contributed by atoms with E-state index >= 15 is 0 Å². The number of carbonyl (C=O) groups excluding carboxylic acids is 1. The van der Waals surface area contributed by atoms with Crippen LogP contribution in [0.1, 0.15) is 12.0 Å². The van der Waals surface area contributed by atoms with Crippen molar-refractivity contribution in [2.75, 3.05) is 19.0 Å². The van der Waals surface area contributed by atoms with E-state index in [0.29, 0.717) is 13.1 Å². The van der Waals surface area contributed by atoms with Crippen LogP contribution in [0.15, 0.2) is 42.5 Å². The van der Waals surface area contributed by atoms with Gasteiger partial charge in [-0.05, 0) is 18.2 Å². The smallest absolute Gasteiger partial charge is 0.225 e. The van der Waals surface area contributed by atoms with Crippen LogP contribution in [0.25, 0.3) is 0 Å². The number of hydrogen-bond donors (Lipinski definition) is 2. The minimum absolute atomic E-state index is 0.100. The van der Waals surface area contributed by atoms with Crippen LogP contribution < -0.4 is 15.4 Å². The lowest BCUT2D eigenvalue weighted by atomic mass is 10.2. The first-order valence-electron chi connectivity index (χ1n) is 7.18. The predicted molar refractivity (Wildman–Crippen MR) is 84.3 cm³/mol. The lowest BCUT2D eigenvalue weighted by Gasteiger charge is -2.10. The van der Waals surface area contributed by atoms with E-state index in [1.54, 1.807) is 7.11 Å². The molecular formula is C17H18F2N2O2. The number of carbonyl (C=O) groups is 1. The molecule has 23 heavy (non-hydrogen) atoms. The quantitative estimate of drug-likeness (QED) is 0.771. The molecule has 0 aliphatic heterocycles. The molecule has 0 saturated carbocycles. The Labute approximate surface area is 133 Å². The Bertz CT molecular complexity index is 657. The molecule has 2 aromatic rings. The van der Waals surface area contributed by atoms with Gasteiger partial charge in [0.15, 0.2) is 0 Å². The van der Waals surface area contributed by atoms with Crippen LogP contribution in [0.4, 0.5) is 14.5 Å². The lowest BCUT2D eigenvalue weighted by Crippen LogP contribution is -2.22. The largest absolute Gasteiger partial charge is 0.496 e. The third-order valence-corrected chi connectivity index (χ3v) is 3.26. The molecule has 0 aliphatic rings. The van der Waals surface area contributed by atoms with Crippen LogP contribution in [-0.4, -0.2) is 19.6 Å². The van der Waals surface area contributed by atoms with Gasteiger partial charge in [-0.25, -0.2) is 8.78 Å². The van der Waals surface area contributed by atoms with Crippen molar-refractivity contribution in [1.29, 1.82) is 0 Å². The molecule has 0 aliphatic carbocycles. The number of para-hydroxylation sites is 2. The predicted octanol–water partition coefficient (Wildman–Crippen LogP) is 3.09. The summed E-state index contributed by atoms with van der Waals surface area (Å²) in [4.78, 5) is 11.7. The Morgan fingerprint density at radius 3 is 2.48 bits per heavy atom. The maximum Gasteiger partial charge on any atom is 0.225 e. The molecular weight excluding hydrogens is 302 g/mol. The Kier molecular flexibility index (Phi) is 6.05. The standard InChI is InChI=1S/C17H18F2N2O2/c1-23-15-8-3-2-5-12(15)11-20-10-9-16(22)21-17-13(18)6-4-7-14(17)19/h2-8,20H,9-11H2,1H3,(H,21,22). The number of hydrogen-bond acceptors (Lipinski definition) is 3. The van der Waals surface area contributed by atoms with Crippen molar-refractivity contribution in [3.8, 4) is 5.75 Å². The summed E-state index contributed by atoms with van der Waals surface area (Å²) in [6, 6.07) is 11.0. The first kappa shape index (κ1) is 16.9. The van der Waals surface area contributed by atoms with E-state index in [9.17, 15) is 13.6 Å². The average molecular weight is 320 g/mol. The molecule has 1 amide bonds. The van der Waals surface area contributed by atoms with Gasteiger partial charge in [-0.2, -0.15) is 0 Å². The first-order chi connectivity index (χ1) is 11.1. The number of methoxy groups -OCH3 is 1. The molecule has 122 valence electrons. The summed E-state index contributed by atoms with van der Waals surface area (Å²) < 4.78 is 32.1. The van der Waals surface area contributed by atoms with E-state index in [1.807, 2.05) is 24.3 Å². The van der Waals surface area contributed by atoms with Crippen molar-refractivity contribution >= 4 is 11.6 Å². The van der Waals surface area contributed by atoms with E-state index in [2.05, 4.69) is 10.6 Å². The van der Waals surface area contributed by atoms with Gasteiger partial charge in [0.25, 0.3) is 0 Å². The molecule has 4 nitrogen and oxygen atoms in total. The van der Waals surface area contributed by atoms with Gasteiger partial charge in [0.05, 0.1) is 7.11 Å². The van der Waals surface area contributed by atoms with Crippen molar-refractivity contribution in [1.82, 2.24) is 5.32 Å². The molecule has 0 radical (unpaired) electrons. The van der Waals surface area contributed by atoms with E-state index in [0.717, 1.165) is 23.4 Å². The number of amides is 1. The molecule has 0 bridgehead atoms. The second-order valence-corrected chi connectivity index (χ2v) is 4.88. The maximum absolute atomic E-state index is 13.4. The molecule has 0 heterocycles. The van der Waals surface area contributed by atoms with E-state index in [-0.39, 0.29) is 6.42 Å². The summed E-state index contributed by atoms with van der Waals surface area (Å²) in [5.41, 5.74) is 0.554. The Balaban J connectivity index is 1.79. The van der Waals surface area contributed by atoms with Gasteiger partial charge in [0.2, 0.25) is 5.91 Å². The average Bonchev–Trinajstić information content (AvgIpc) is 2.55. The van der Waals surface area contributed by atoms with Crippen LogP contribution in [0.3, 0.4) is 0 Å². The Morgan fingerprint density at radius 2 is 1.78 bits per heavy atom. The van der Waals surface area contributed by atoms with Gasteiger partial charge in [-0.1, -0.05) is 24.3 Å². The molecule has 2 N–H and O–H groups in total. The molecule has 6 heteroatoms. The third-order valence-electron chi connectivity index (χ3n) is 3.26. The van der Waals surface area contributed by atoms with Crippen LogP contribution in [0.5, 0.6) is 5.75 Å². The fourth-order valence-electron chi connectivity index (χ4n) is 2.09. The summed E-state index contributed by atoms with van der Waals surface area (Å²) in [7, 11) is 1.59. The summed E-state index contributed by atoms with van der Waals surface area (Å²) in [5, 5.41) is 5.34. The van der Waals surface area contributed by atoms with Crippen molar-refractivity contribution in [3.63, 3.8) is 0 Å². The molecule has 0 saturated heterocycles. The Morgan fingerprint density at radius 1 is 1.09 bits per heavy atom. The summed E-state index contributed by atoms with van der Waals surface area (Å²) in [6.45, 7) is 0.908. The van der Waals surface area contributed by atoms with Crippen LogP contribution >= 0.6 is 0 Å². The molecule has 0 unspecified atom stereocenters. The van der Waals surface area contributed by atoms with Gasteiger partial charge in [-0.3, -0.25) is 4.79 Å².